The highest BCUT2D eigenvalue weighted by molar-refractivity contribution is 5.96. The Balaban J connectivity index is 1.27. The van der Waals surface area contributed by atoms with E-state index in [0.29, 0.717) is 137 Å². The van der Waals surface area contributed by atoms with Gasteiger partial charge in [0, 0.05) is 11.3 Å². The van der Waals surface area contributed by atoms with Crippen LogP contribution in [0.4, 0.5) is 24.5 Å². The SMILES string of the molecule is C=C(C)C(=O)OCCOCCOCCOCCOCCOCCOCCOCCOCCOCCOCCOC(=O)c1ccccc1Nc1cccc(C(F)(F)F)c1. The van der Waals surface area contributed by atoms with Crippen molar-refractivity contribution in [1.82, 2.24) is 0 Å². The lowest BCUT2D eigenvalue weighted by atomic mass is 10.1. The van der Waals surface area contributed by atoms with Crippen LogP contribution in [0.25, 0.3) is 0 Å². The molecule has 18 heteroatoms. The van der Waals surface area contributed by atoms with Crippen molar-refractivity contribution >= 4 is 23.3 Å². The third-order valence-corrected chi connectivity index (χ3v) is 7.23. The first-order valence-electron chi connectivity index (χ1n) is 19.0. The number of benzene rings is 2. The Morgan fingerprint density at radius 3 is 1.26 bits per heavy atom. The van der Waals surface area contributed by atoms with E-state index in [1.165, 1.54) is 18.2 Å². The van der Waals surface area contributed by atoms with Gasteiger partial charge in [-0.3, -0.25) is 0 Å². The van der Waals surface area contributed by atoms with Gasteiger partial charge in [0.15, 0.2) is 0 Å². The number of anilines is 2. The summed E-state index contributed by atoms with van der Waals surface area (Å²) in [5.74, 6) is -1.06. The first-order chi connectivity index (χ1) is 28.2. The van der Waals surface area contributed by atoms with E-state index in [-0.39, 0.29) is 31.1 Å². The van der Waals surface area contributed by atoms with Gasteiger partial charge in [0.1, 0.15) is 13.2 Å². The number of alkyl halides is 3. The van der Waals surface area contributed by atoms with Crippen molar-refractivity contribution in [3.05, 3.63) is 71.8 Å². The van der Waals surface area contributed by atoms with E-state index in [2.05, 4.69) is 11.9 Å². The highest BCUT2D eigenvalue weighted by atomic mass is 19.4. The number of hydrogen-bond donors (Lipinski definition) is 1. The van der Waals surface area contributed by atoms with Gasteiger partial charge in [-0.05, 0) is 37.3 Å². The van der Waals surface area contributed by atoms with E-state index < -0.39 is 23.7 Å². The fraction of sp³-hybridized carbons (Fsp3) is 0.600. The molecule has 328 valence electrons. The van der Waals surface area contributed by atoms with E-state index >= 15 is 0 Å². The highest BCUT2D eigenvalue weighted by Crippen LogP contribution is 2.32. The molecule has 0 amide bonds. The fourth-order valence-electron chi connectivity index (χ4n) is 4.37. The fourth-order valence-corrected chi connectivity index (χ4v) is 4.37. The van der Waals surface area contributed by atoms with Gasteiger partial charge in [0.25, 0.3) is 0 Å². The second kappa shape index (κ2) is 33.2. The van der Waals surface area contributed by atoms with Crippen molar-refractivity contribution in [2.24, 2.45) is 0 Å². The molecule has 0 aromatic heterocycles. The molecular weight excluding hydrogens is 775 g/mol. The largest absolute Gasteiger partial charge is 0.460 e. The Morgan fingerprint density at radius 2 is 0.879 bits per heavy atom. The molecule has 58 heavy (non-hydrogen) atoms. The summed E-state index contributed by atoms with van der Waals surface area (Å²) in [5.41, 5.74) is 0.246. The van der Waals surface area contributed by atoms with Crippen molar-refractivity contribution in [3.63, 3.8) is 0 Å². The molecule has 15 nitrogen and oxygen atoms in total. The van der Waals surface area contributed by atoms with Gasteiger partial charge >= 0.3 is 18.1 Å². The summed E-state index contributed by atoms with van der Waals surface area (Å²) < 4.78 is 104. The summed E-state index contributed by atoms with van der Waals surface area (Å²) in [6.07, 6.45) is -4.48. The molecule has 0 fully saturated rings. The zero-order valence-corrected chi connectivity index (χ0v) is 33.2. The molecular formula is C40H58F3NO14. The van der Waals surface area contributed by atoms with Crippen LogP contribution < -0.4 is 5.32 Å². The van der Waals surface area contributed by atoms with Crippen molar-refractivity contribution < 1.29 is 79.6 Å². The zero-order valence-electron chi connectivity index (χ0n) is 33.2. The second-order valence-electron chi connectivity index (χ2n) is 11.9. The molecule has 0 bridgehead atoms. The first kappa shape index (κ1) is 50.5. The topological polar surface area (TPSA) is 157 Å². The van der Waals surface area contributed by atoms with Gasteiger partial charge in [-0.2, -0.15) is 13.2 Å². The monoisotopic (exact) mass is 833 g/mol. The van der Waals surface area contributed by atoms with Crippen LogP contribution in [0.2, 0.25) is 0 Å². The van der Waals surface area contributed by atoms with Gasteiger partial charge in [-0.25, -0.2) is 9.59 Å². The normalized spacial score (nSPS) is 11.4. The van der Waals surface area contributed by atoms with Crippen molar-refractivity contribution in [2.45, 2.75) is 13.1 Å². The zero-order chi connectivity index (χ0) is 41.9. The van der Waals surface area contributed by atoms with Crippen LogP contribution in [0.3, 0.4) is 0 Å². The minimum absolute atomic E-state index is 0.00857. The number of ether oxygens (including phenoxy) is 12. The number of halogens is 3. The Kier molecular flexibility index (Phi) is 28.9. The minimum atomic E-state index is -4.48. The Hall–Kier alpha value is -3.69. The minimum Gasteiger partial charge on any atom is -0.460 e. The third-order valence-electron chi connectivity index (χ3n) is 7.23. The Bertz CT molecular complexity index is 1380. The molecule has 2 rings (SSSR count). The summed E-state index contributed by atoms with van der Waals surface area (Å²) in [6, 6.07) is 11.1. The lowest BCUT2D eigenvalue weighted by molar-refractivity contribution is -0.140. The van der Waals surface area contributed by atoms with Crippen LogP contribution in [0.15, 0.2) is 60.7 Å². The lowest BCUT2D eigenvalue weighted by Gasteiger charge is -2.13. The highest BCUT2D eigenvalue weighted by Gasteiger charge is 2.30. The standard InChI is InChI=1S/C40H58F3NO14/c1-33(2)38(45)57-30-28-55-26-24-53-22-20-51-18-16-49-14-12-47-10-11-48-13-15-50-17-19-52-21-23-54-25-27-56-29-31-58-39(46)36-8-3-4-9-37(36)44-35-7-5-6-34(32-35)40(41,42)43/h3-9,32,44H,1,10-31H2,2H3. The number of para-hydroxylation sites is 1. The summed E-state index contributed by atoms with van der Waals surface area (Å²) in [5, 5.41) is 2.86. The number of rotatable bonds is 37. The molecule has 0 aliphatic carbocycles. The molecule has 0 aliphatic rings. The predicted molar refractivity (Wildman–Crippen MR) is 205 cm³/mol. The van der Waals surface area contributed by atoms with Crippen LogP contribution in [0.1, 0.15) is 22.8 Å². The summed E-state index contributed by atoms with van der Waals surface area (Å²) >= 11 is 0. The van der Waals surface area contributed by atoms with E-state index in [1.54, 1.807) is 25.1 Å². The molecule has 0 heterocycles. The van der Waals surface area contributed by atoms with Gasteiger partial charge in [-0.1, -0.05) is 24.8 Å². The van der Waals surface area contributed by atoms with Gasteiger partial charge in [0.2, 0.25) is 0 Å². The Labute approximate surface area is 338 Å². The van der Waals surface area contributed by atoms with E-state index in [0.717, 1.165) is 12.1 Å². The number of esters is 2. The van der Waals surface area contributed by atoms with Crippen LogP contribution in [-0.2, 0) is 67.8 Å². The van der Waals surface area contributed by atoms with Crippen LogP contribution >= 0.6 is 0 Å². The van der Waals surface area contributed by atoms with Gasteiger partial charge in [0.05, 0.1) is 149 Å². The Morgan fingerprint density at radius 1 is 0.517 bits per heavy atom. The summed E-state index contributed by atoms with van der Waals surface area (Å²) in [6.45, 7) is 13.3. The molecule has 0 saturated carbocycles. The molecule has 0 atom stereocenters. The molecule has 0 radical (unpaired) electrons. The van der Waals surface area contributed by atoms with Gasteiger partial charge in [-0.15, -0.1) is 0 Å². The summed E-state index contributed by atoms with van der Waals surface area (Å²) in [7, 11) is 0. The number of carbonyl (C=O) groups excluding carboxylic acids is 2. The number of nitrogens with one attached hydrogen (secondary N) is 1. The molecule has 0 unspecified atom stereocenters. The van der Waals surface area contributed by atoms with E-state index in [1.807, 2.05) is 0 Å². The van der Waals surface area contributed by atoms with Crippen LogP contribution in [0, 0.1) is 0 Å². The average molecular weight is 834 g/mol. The molecule has 0 spiro atoms. The van der Waals surface area contributed by atoms with Crippen LogP contribution in [-0.4, -0.2) is 157 Å². The van der Waals surface area contributed by atoms with Crippen LogP contribution in [0.5, 0.6) is 0 Å². The number of hydrogen-bond acceptors (Lipinski definition) is 15. The van der Waals surface area contributed by atoms with E-state index in [4.69, 9.17) is 56.8 Å². The lowest BCUT2D eigenvalue weighted by Crippen LogP contribution is -2.16. The maximum Gasteiger partial charge on any atom is 0.416 e. The smallest absolute Gasteiger partial charge is 0.416 e. The van der Waals surface area contributed by atoms with Crippen molar-refractivity contribution in [3.8, 4) is 0 Å². The molecule has 2 aromatic carbocycles. The maximum atomic E-state index is 13.1. The number of carbonyl (C=O) groups is 2. The molecule has 2 aromatic rings. The van der Waals surface area contributed by atoms with Crippen molar-refractivity contribution in [1.29, 1.82) is 0 Å². The second-order valence-corrected chi connectivity index (χ2v) is 11.9. The van der Waals surface area contributed by atoms with Gasteiger partial charge < -0.3 is 62.2 Å². The van der Waals surface area contributed by atoms with Crippen molar-refractivity contribution in [2.75, 3.05) is 151 Å². The molecule has 0 saturated heterocycles. The summed E-state index contributed by atoms with van der Waals surface area (Å²) in [4.78, 5) is 23.8. The molecule has 0 aliphatic heterocycles. The predicted octanol–water partition coefficient (Wildman–Crippen LogP) is 4.89. The van der Waals surface area contributed by atoms with E-state index in [9.17, 15) is 22.8 Å². The average Bonchev–Trinajstić information content (AvgIpc) is 3.20. The molecule has 1 N–H and O–H groups in total. The third kappa shape index (κ3) is 26.3. The maximum absolute atomic E-state index is 13.1. The first-order valence-corrected chi connectivity index (χ1v) is 19.0. The quantitative estimate of drug-likeness (QED) is 0.0557.